The molecule has 1 aromatic heterocycles. The molecule has 0 radical (unpaired) electrons. The maximum absolute atomic E-state index is 6.25. The Balaban J connectivity index is 1.71. The standard InChI is InChI=1S/C19H18Cl3N3OS/c1-3-25-18(10-26-17-8-7-13(20)9-12(17)2)23-24-19(25)27-11-14-15(21)5-4-6-16(14)22/h4-9H,3,10-11H2,1-2H3. The van der Waals surface area contributed by atoms with Crippen LogP contribution in [0.3, 0.4) is 0 Å². The fourth-order valence-corrected chi connectivity index (χ4v) is 4.56. The predicted octanol–water partition coefficient (Wildman–Crippen LogP) is 6.44. The van der Waals surface area contributed by atoms with Gasteiger partial charge in [-0.15, -0.1) is 10.2 Å². The van der Waals surface area contributed by atoms with Gasteiger partial charge in [-0.3, -0.25) is 0 Å². The fourth-order valence-electron chi connectivity index (χ4n) is 2.57. The van der Waals surface area contributed by atoms with Crippen molar-refractivity contribution in [2.45, 2.75) is 37.9 Å². The summed E-state index contributed by atoms with van der Waals surface area (Å²) >= 11 is 20.0. The second kappa shape index (κ2) is 9.20. The van der Waals surface area contributed by atoms with E-state index in [4.69, 9.17) is 39.5 Å². The van der Waals surface area contributed by atoms with E-state index in [0.717, 1.165) is 34.4 Å². The van der Waals surface area contributed by atoms with Crippen LogP contribution < -0.4 is 4.74 Å². The molecule has 0 bridgehead atoms. The predicted molar refractivity (Wildman–Crippen MR) is 112 cm³/mol. The molecule has 4 nitrogen and oxygen atoms in total. The number of benzene rings is 2. The summed E-state index contributed by atoms with van der Waals surface area (Å²) in [6.45, 7) is 5.08. The van der Waals surface area contributed by atoms with Crippen LogP contribution in [0.4, 0.5) is 0 Å². The number of halogens is 3. The Labute approximate surface area is 177 Å². The number of nitrogens with zero attached hydrogens (tertiary/aromatic N) is 3. The molecule has 0 amide bonds. The van der Waals surface area contributed by atoms with Gasteiger partial charge in [-0.2, -0.15) is 0 Å². The minimum atomic E-state index is 0.330. The van der Waals surface area contributed by atoms with Gasteiger partial charge < -0.3 is 9.30 Å². The number of aromatic nitrogens is 3. The smallest absolute Gasteiger partial charge is 0.191 e. The van der Waals surface area contributed by atoms with Crippen molar-refractivity contribution in [3.8, 4) is 5.75 Å². The van der Waals surface area contributed by atoms with Crippen molar-refractivity contribution in [1.82, 2.24) is 14.8 Å². The minimum Gasteiger partial charge on any atom is -0.485 e. The van der Waals surface area contributed by atoms with Crippen molar-refractivity contribution in [3.05, 3.63) is 68.4 Å². The van der Waals surface area contributed by atoms with Gasteiger partial charge in [0, 0.05) is 27.4 Å². The third kappa shape index (κ3) is 4.91. The molecule has 2 aromatic carbocycles. The molecule has 0 aliphatic heterocycles. The molecular formula is C19H18Cl3N3OS. The molecule has 0 saturated heterocycles. The zero-order valence-electron chi connectivity index (χ0n) is 14.9. The van der Waals surface area contributed by atoms with Crippen LogP contribution >= 0.6 is 46.6 Å². The van der Waals surface area contributed by atoms with Gasteiger partial charge in [0.2, 0.25) is 0 Å². The van der Waals surface area contributed by atoms with Crippen molar-refractivity contribution in [1.29, 1.82) is 0 Å². The van der Waals surface area contributed by atoms with Crippen molar-refractivity contribution in [3.63, 3.8) is 0 Å². The van der Waals surface area contributed by atoms with E-state index in [1.54, 1.807) is 11.8 Å². The number of hydrogen-bond donors (Lipinski definition) is 0. The lowest BCUT2D eigenvalue weighted by Crippen LogP contribution is -2.07. The molecule has 0 atom stereocenters. The van der Waals surface area contributed by atoms with E-state index in [-0.39, 0.29) is 0 Å². The van der Waals surface area contributed by atoms with Gasteiger partial charge in [-0.25, -0.2) is 0 Å². The Morgan fingerprint density at radius 2 is 1.81 bits per heavy atom. The molecule has 27 heavy (non-hydrogen) atoms. The third-order valence-corrected chi connectivity index (χ3v) is 5.95. The number of rotatable bonds is 7. The van der Waals surface area contributed by atoms with Crippen molar-refractivity contribution in [2.24, 2.45) is 0 Å². The van der Waals surface area contributed by atoms with Crippen LogP contribution in [0.5, 0.6) is 5.75 Å². The summed E-state index contributed by atoms with van der Waals surface area (Å²) in [5.41, 5.74) is 1.87. The van der Waals surface area contributed by atoms with Gasteiger partial charge in [0.1, 0.15) is 12.4 Å². The van der Waals surface area contributed by atoms with Gasteiger partial charge in [-0.05, 0) is 55.3 Å². The Morgan fingerprint density at radius 3 is 2.48 bits per heavy atom. The van der Waals surface area contributed by atoms with Gasteiger partial charge in [0.25, 0.3) is 0 Å². The molecule has 0 saturated carbocycles. The highest BCUT2D eigenvalue weighted by molar-refractivity contribution is 7.98. The van der Waals surface area contributed by atoms with Crippen molar-refractivity contribution >= 4 is 46.6 Å². The normalized spacial score (nSPS) is 11.0. The Morgan fingerprint density at radius 1 is 1.07 bits per heavy atom. The molecule has 0 aliphatic carbocycles. The lowest BCUT2D eigenvalue weighted by Gasteiger charge is -2.11. The highest BCUT2D eigenvalue weighted by Gasteiger charge is 2.14. The van der Waals surface area contributed by atoms with E-state index in [1.165, 1.54) is 0 Å². The summed E-state index contributed by atoms with van der Waals surface area (Å²) in [5.74, 6) is 2.16. The maximum Gasteiger partial charge on any atom is 0.191 e. The monoisotopic (exact) mass is 441 g/mol. The highest BCUT2D eigenvalue weighted by atomic mass is 35.5. The SMILES string of the molecule is CCn1c(COc2ccc(Cl)cc2C)nnc1SCc1c(Cl)cccc1Cl. The zero-order valence-corrected chi connectivity index (χ0v) is 18.0. The molecule has 1 heterocycles. The first-order chi connectivity index (χ1) is 13.0. The number of thioether (sulfide) groups is 1. The van der Waals surface area contributed by atoms with E-state index in [2.05, 4.69) is 10.2 Å². The molecule has 0 N–H and O–H groups in total. The van der Waals surface area contributed by atoms with Gasteiger partial charge in [0.05, 0.1) is 0 Å². The fraction of sp³-hybridized carbons (Fsp3) is 0.263. The van der Waals surface area contributed by atoms with E-state index < -0.39 is 0 Å². The summed E-state index contributed by atoms with van der Waals surface area (Å²) < 4.78 is 7.93. The minimum absolute atomic E-state index is 0.330. The first-order valence-electron chi connectivity index (χ1n) is 8.36. The quantitative estimate of drug-likeness (QED) is 0.395. The summed E-state index contributed by atoms with van der Waals surface area (Å²) in [6.07, 6.45) is 0. The Hall–Kier alpha value is -1.40. The molecule has 0 spiro atoms. The largest absolute Gasteiger partial charge is 0.485 e. The van der Waals surface area contributed by atoms with E-state index in [1.807, 2.05) is 54.8 Å². The third-order valence-electron chi connectivity index (χ3n) is 4.01. The molecule has 3 rings (SSSR count). The molecule has 142 valence electrons. The number of aryl methyl sites for hydroxylation is 1. The van der Waals surface area contributed by atoms with Crippen LogP contribution in [0.15, 0.2) is 41.6 Å². The van der Waals surface area contributed by atoms with Crippen LogP contribution in [0.1, 0.15) is 23.9 Å². The average Bonchev–Trinajstić information content (AvgIpc) is 3.02. The molecule has 3 aromatic rings. The second-order valence-corrected chi connectivity index (χ2v) is 8.02. The summed E-state index contributed by atoms with van der Waals surface area (Å²) in [7, 11) is 0. The Bertz CT molecular complexity index is 926. The van der Waals surface area contributed by atoms with Crippen LogP contribution in [0, 0.1) is 6.92 Å². The van der Waals surface area contributed by atoms with E-state index in [9.17, 15) is 0 Å². The lowest BCUT2D eigenvalue weighted by molar-refractivity contribution is 0.286. The van der Waals surface area contributed by atoms with Crippen LogP contribution in [0.25, 0.3) is 0 Å². The van der Waals surface area contributed by atoms with E-state index in [0.29, 0.717) is 27.4 Å². The Kier molecular flexibility index (Phi) is 6.93. The van der Waals surface area contributed by atoms with Crippen molar-refractivity contribution in [2.75, 3.05) is 0 Å². The molecule has 0 aliphatic rings. The van der Waals surface area contributed by atoms with Crippen LogP contribution in [-0.2, 0) is 18.9 Å². The van der Waals surface area contributed by atoms with Gasteiger partial charge in [-0.1, -0.05) is 52.6 Å². The number of hydrogen-bond acceptors (Lipinski definition) is 4. The second-order valence-electron chi connectivity index (χ2n) is 5.83. The first-order valence-corrected chi connectivity index (χ1v) is 10.5. The number of ether oxygens (including phenoxy) is 1. The molecule has 8 heteroatoms. The topological polar surface area (TPSA) is 39.9 Å². The lowest BCUT2D eigenvalue weighted by atomic mass is 10.2. The summed E-state index contributed by atoms with van der Waals surface area (Å²) in [5, 5.41) is 11.4. The van der Waals surface area contributed by atoms with Crippen molar-refractivity contribution < 1.29 is 4.74 Å². The average molecular weight is 443 g/mol. The van der Waals surface area contributed by atoms with Crippen LogP contribution in [0.2, 0.25) is 15.1 Å². The van der Waals surface area contributed by atoms with Crippen LogP contribution in [-0.4, -0.2) is 14.8 Å². The van der Waals surface area contributed by atoms with Gasteiger partial charge in [0.15, 0.2) is 11.0 Å². The highest BCUT2D eigenvalue weighted by Crippen LogP contribution is 2.31. The summed E-state index contributed by atoms with van der Waals surface area (Å²) in [6, 6.07) is 11.0. The summed E-state index contributed by atoms with van der Waals surface area (Å²) in [4.78, 5) is 0. The maximum atomic E-state index is 6.25. The zero-order chi connectivity index (χ0) is 19.4. The molecule has 0 unspecified atom stereocenters. The molecular weight excluding hydrogens is 425 g/mol. The van der Waals surface area contributed by atoms with Gasteiger partial charge >= 0.3 is 0 Å². The molecule has 0 fully saturated rings. The first kappa shape index (κ1) is 20.3. The van der Waals surface area contributed by atoms with E-state index >= 15 is 0 Å².